The molecule has 0 radical (unpaired) electrons. The molecule has 0 saturated carbocycles. The number of carbonyl (C=O) groups excluding carboxylic acids is 1. The average Bonchev–Trinajstić information content (AvgIpc) is 2.58. The van der Waals surface area contributed by atoms with E-state index in [1.165, 1.54) is 11.1 Å². The molecule has 24 heavy (non-hydrogen) atoms. The number of hydrogen-bond acceptors (Lipinski definition) is 3. The van der Waals surface area contributed by atoms with Crippen LogP contribution in [0, 0.1) is 0 Å². The van der Waals surface area contributed by atoms with Crippen molar-refractivity contribution >= 4 is 5.97 Å². The zero-order valence-electron chi connectivity index (χ0n) is 16.1. The van der Waals surface area contributed by atoms with Gasteiger partial charge in [0, 0.05) is 11.6 Å². The summed E-state index contributed by atoms with van der Waals surface area (Å²) in [5.74, 6) is 0.444. The molecule has 3 heteroatoms. The smallest absolute Gasteiger partial charge is 0.330 e. The molecule has 0 fully saturated rings. The minimum Gasteiger partial charge on any atom is -0.490 e. The first-order valence-electron chi connectivity index (χ1n) is 8.75. The molecule has 0 aliphatic carbocycles. The molecule has 0 aliphatic rings. The van der Waals surface area contributed by atoms with Crippen molar-refractivity contribution < 1.29 is 14.3 Å². The summed E-state index contributed by atoms with van der Waals surface area (Å²) >= 11 is 0. The van der Waals surface area contributed by atoms with Gasteiger partial charge >= 0.3 is 5.97 Å². The summed E-state index contributed by atoms with van der Waals surface area (Å²) < 4.78 is 10.9. The molecule has 1 aromatic carbocycles. The molecular weight excluding hydrogens is 300 g/mol. The van der Waals surface area contributed by atoms with E-state index in [9.17, 15) is 4.79 Å². The van der Waals surface area contributed by atoms with Crippen molar-refractivity contribution in [2.75, 3.05) is 13.2 Å². The fraction of sp³-hybridized carbons (Fsp3) is 0.571. The standard InChI is InChI=1S/C21H32O3/c1-8-19(22)24-14-13-23-18-12-11-16(20(4,5)9-2)15-17(18)21(6,7)10-3/h8,11-12,15H,1,9-10,13-14H2,2-7H3. The number of carbonyl (C=O) groups is 1. The number of rotatable bonds is 9. The van der Waals surface area contributed by atoms with Crippen LogP contribution in [-0.4, -0.2) is 19.2 Å². The third-order valence-electron chi connectivity index (χ3n) is 5.01. The highest BCUT2D eigenvalue weighted by atomic mass is 16.6. The highest BCUT2D eigenvalue weighted by Gasteiger charge is 2.26. The first kappa shape index (κ1) is 20.3. The first-order valence-corrected chi connectivity index (χ1v) is 8.75. The summed E-state index contributed by atoms with van der Waals surface area (Å²) in [6.07, 6.45) is 3.26. The van der Waals surface area contributed by atoms with Crippen LogP contribution in [0.3, 0.4) is 0 Å². The molecule has 0 unspecified atom stereocenters. The van der Waals surface area contributed by atoms with Gasteiger partial charge in [-0.1, -0.05) is 60.3 Å². The van der Waals surface area contributed by atoms with Gasteiger partial charge in [-0.25, -0.2) is 4.79 Å². The quantitative estimate of drug-likeness (QED) is 0.355. The van der Waals surface area contributed by atoms with Gasteiger partial charge in [-0.05, 0) is 35.3 Å². The van der Waals surface area contributed by atoms with Gasteiger partial charge in [-0.3, -0.25) is 0 Å². The van der Waals surface area contributed by atoms with E-state index < -0.39 is 5.97 Å². The van der Waals surface area contributed by atoms with Crippen molar-refractivity contribution in [2.24, 2.45) is 0 Å². The molecule has 0 heterocycles. The van der Waals surface area contributed by atoms with Crippen LogP contribution < -0.4 is 4.74 Å². The van der Waals surface area contributed by atoms with Crippen molar-refractivity contribution in [3.63, 3.8) is 0 Å². The topological polar surface area (TPSA) is 35.5 Å². The Hall–Kier alpha value is -1.77. The first-order chi connectivity index (χ1) is 11.2. The third kappa shape index (κ3) is 5.12. The Bertz CT molecular complexity index is 570. The summed E-state index contributed by atoms with van der Waals surface area (Å²) in [4.78, 5) is 11.1. The summed E-state index contributed by atoms with van der Waals surface area (Å²) in [5.41, 5.74) is 2.69. The van der Waals surface area contributed by atoms with E-state index in [1.807, 2.05) is 0 Å². The average molecular weight is 332 g/mol. The fourth-order valence-electron chi connectivity index (χ4n) is 2.35. The van der Waals surface area contributed by atoms with E-state index in [0.717, 1.165) is 24.7 Å². The van der Waals surface area contributed by atoms with Crippen LogP contribution in [0.1, 0.15) is 65.5 Å². The molecule has 1 aromatic rings. The van der Waals surface area contributed by atoms with Gasteiger partial charge in [0.25, 0.3) is 0 Å². The van der Waals surface area contributed by atoms with Crippen LogP contribution in [0.4, 0.5) is 0 Å². The lowest BCUT2D eigenvalue weighted by molar-refractivity contribution is -0.138. The Morgan fingerprint density at radius 2 is 1.71 bits per heavy atom. The maximum Gasteiger partial charge on any atom is 0.330 e. The normalized spacial score (nSPS) is 11.9. The van der Waals surface area contributed by atoms with Gasteiger partial charge in [-0.2, -0.15) is 0 Å². The lowest BCUT2D eigenvalue weighted by Crippen LogP contribution is -2.21. The molecule has 0 N–H and O–H groups in total. The van der Waals surface area contributed by atoms with Crippen molar-refractivity contribution in [1.82, 2.24) is 0 Å². The fourth-order valence-corrected chi connectivity index (χ4v) is 2.35. The maximum atomic E-state index is 11.1. The predicted molar refractivity (Wildman–Crippen MR) is 99.7 cm³/mol. The third-order valence-corrected chi connectivity index (χ3v) is 5.01. The molecule has 0 saturated heterocycles. The van der Waals surface area contributed by atoms with E-state index in [-0.39, 0.29) is 17.4 Å². The Morgan fingerprint density at radius 3 is 2.25 bits per heavy atom. The second kappa shape index (κ2) is 8.36. The predicted octanol–water partition coefficient (Wildman–Crippen LogP) is 5.17. The van der Waals surface area contributed by atoms with Gasteiger partial charge in [0.15, 0.2) is 0 Å². The number of benzene rings is 1. The molecule has 134 valence electrons. The molecule has 0 aliphatic heterocycles. The zero-order chi connectivity index (χ0) is 18.4. The molecule has 0 bridgehead atoms. The van der Waals surface area contributed by atoms with Gasteiger partial charge < -0.3 is 9.47 Å². The Kier molecular flexibility index (Phi) is 7.07. The van der Waals surface area contributed by atoms with Crippen molar-refractivity contribution in [3.05, 3.63) is 42.0 Å². The number of ether oxygens (including phenoxy) is 2. The van der Waals surface area contributed by atoms with E-state index in [4.69, 9.17) is 9.47 Å². The second-order valence-electron chi connectivity index (χ2n) is 7.41. The number of esters is 1. The largest absolute Gasteiger partial charge is 0.490 e. The van der Waals surface area contributed by atoms with Crippen molar-refractivity contribution in [3.8, 4) is 5.75 Å². The van der Waals surface area contributed by atoms with Gasteiger partial charge in [0.05, 0.1) is 0 Å². The van der Waals surface area contributed by atoms with E-state index in [1.54, 1.807) is 0 Å². The monoisotopic (exact) mass is 332 g/mol. The van der Waals surface area contributed by atoms with Crippen LogP contribution in [-0.2, 0) is 20.4 Å². The van der Waals surface area contributed by atoms with Crippen molar-refractivity contribution in [2.45, 2.75) is 65.2 Å². The lowest BCUT2D eigenvalue weighted by Gasteiger charge is -2.30. The number of hydrogen-bond donors (Lipinski definition) is 0. The Morgan fingerprint density at radius 1 is 1.08 bits per heavy atom. The van der Waals surface area contributed by atoms with Crippen LogP contribution in [0.15, 0.2) is 30.9 Å². The van der Waals surface area contributed by atoms with Gasteiger partial charge in [0.2, 0.25) is 0 Å². The Labute approximate surface area is 147 Å². The highest BCUT2D eigenvalue weighted by molar-refractivity contribution is 5.81. The molecule has 1 rings (SSSR count). The summed E-state index contributed by atoms with van der Waals surface area (Å²) in [6.45, 7) is 17.3. The lowest BCUT2D eigenvalue weighted by atomic mass is 9.76. The summed E-state index contributed by atoms with van der Waals surface area (Å²) in [6, 6.07) is 6.47. The summed E-state index contributed by atoms with van der Waals surface area (Å²) in [5, 5.41) is 0. The molecule has 0 amide bonds. The molecule has 0 spiro atoms. The molecule has 0 atom stereocenters. The minimum atomic E-state index is -0.423. The molecule has 0 aromatic heterocycles. The second-order valence-corrected chi connectivity index (χ2v) is 7.41. The van der Waals surface area contributed by atoms with E-state index in [2.05, 4.69) is 66.3 Å². The van der Waals surface area contributed by atoms with Crippen LogP contribution in [0.25, 0.3) is 0 Å². The van der Waals surface area contributed by atoms with Crippen LogP contribution in [0.5, 0.6) is 5.75 Å². The Balaban J connectivity index is 3.02. The minimum absolute atomic E-state index is 0.0208. The highest BCUT2D eigenvalue weighted by Crippen LogP contribution is 2.38. The van der Waals surface area contributed by atoms with Crippen LogP contribution >= 0.6 is 0 Å². The molecular formula is C21H32O3. The maximum absolute atomic E-state index is 11.1. The van der Waals surface area contributed by atoms with E-state index >= 15 is 0 Å². The van der Waals surface area contributed by atoms with Crippen LogP contribution in [0.2, 0.25) is 0 Å². The van der Waals surface area contributed by atoms with E-state index in [0.29, 0.717) is 6.61 Å². The van der Waals surface area contributed by atoms with Gasteiger partial charge in [-0.15, -0.1) is 0 Å². The SMILES string of the molecule is C=CC(=O)OCCOc1ccc(C(C)(C)CC)cc1C(C)(C)CC. The van der Waals surface area contributed by atoms with Gasteiger partial charge in [0.1, 0.15) is 19.0 Å². The van der Waals surface area contributed by atoms with Crippen molar-refractivity contribution in [1.29, 1.82) is 0 Å². The summed E-state index contributed by atoms with van der Waals surface area (Å²) in [7, 11) is 0. The zero-order valence-corrected chi connectivity index (χ0v) is 16.1. The molecule has 3 nitrogen and oxygen atoms in total.